The van der Waals surface area contributed by atoms with Crippen LogP contribution in [0, 0.1) is 18.3 Å². The number of thiophene rings is 1. The molecule has 0 aliphatic heterocycles. The summed E-state index contributed by atoms with van der Waals surface area (Å²) in [4.78, 5) is 24.3. The Morgan fingerprint density at radius 3 is 2.58 bits per heavy atom. The molecule has 3 aromatic rings. The first-order valence-electron chi connectivity index (χ1n) is 9.20. The van der Waals surface area contributed by atoms with Crippen LogP contribution < -0.4 is 10.6 Å². The molecule has 0 unspecified atom stereocenters. The van der Waals surface area contributed by atoms with E-state index in [4.69, 9.17) is 44.6 Å². The molecule has 168 valence electrons. The third-order valence-corrected chi connectivity index (χ3v) is 6.09. The summed E-state index contributed by atoms with van der Waals surface area (Å²) < 4.78 is 10.4. The lowest BCUT2D eigenvalue weighted by Crippen LogP contribution is -2.32. The predicted octanol–water partition coefficient (Wildman–Crippen LogP) is 5.81. The first-order valence-corrected chi connectivity index (χ1v) is 11.2. The third kappa shape index (κ3) is 6.00. The summed E-state index contributed by atoms with van der Waals surface area (Å²) in [7, 11) is 1.25. The van der Waals surface area contributed by atoms with E-state index >= 15 is 0 Å². The number of amides is 1. The van der Waals surface area contributed by atoms with Gasteiger partial charge in [0.15, 0.2) is 5.11 Å². The number of halogens is 2. The van der Waals surface area contributed by atoms with Crippen molar-refractivity contribution in [2.75, 3.05) is 12.4 Å². The number of hydrogen-bond acceptors (Lipinski definition) is 7. The van der Waals surface area contributed by atoms with Crippen LogP contribution in [0.2, 0.25) is 10.0 Å². The highest BCUT2D eigenvalue weighted by Crippen LogP contribution is 2.33. The SMILES string of the molecule is COC(=O)c1sc(NC(=S)NC(=O)/C=C/c2ccc(-c3cc(Cl)cc(Cl)c3)o2)c(C#N)c1C. The van der Waals surface area contributed by atoms with Gasteiger partial charge in [-0.05, 0) is 61.1 Å². The lowest BCUT2D eigenvalue weighted by Gasteiger charge is -2.06. The maximum Gasteiger partial charge on any atom is 0.348 e. The Balaban J connectivity index is 1.65. The number of hydrogen-bond donors (Lipinski definition) is 2. The summed E-state index contributed by atoms with van der Waals surface area (Å²) in [5, 5.41) is 15.9. The van der Waals surface area contributed by atoms with Crippen LogP contribution in [0.15, 0.2) is 40.8 Å². The van der Waals surface area contributed by atoms with Gasteiger partial charge in [-0.25, -0.2) is 4.79 Å². The number of carbonyl (C=O) groups excluding carboxylic acids is 2. The molecule has 33 heavy (non-hydrogen) atoms. The summed E-state index contributed by atoms with van der Waals surface area (Å²) >= 11 is 18.2. The highest BCUT2D eigenvalue weighted by Gasteiger charge is 2.21. The van der Waals surface area contributed by atoms with Gasteiger partial charge < -0.3 is 14.5 Å². The second kappa shape index (κ2) is 10.6. The molecule has 2 N–H and O–H groups in total. The van der Waals surface area contributed by atoms with Crippen molar-refractivity contribution >= 4 is 74.8 Å². The van der Waals surface area contributed by atoms with Crippen molar-refractivity contribution in [3.8, 4) is 17.4 Å². The first kappa shape index (κ1) is 24.5. The molecule has 1 amide bonds. The van der Waals surface area contributed by atoms with E-state index < -0.39 is 11.9 Å². The molecular formula is C22H15Cl2N3O4S2. The second-order valence-electron chi connectivity index (χ2n) is 6.50. The van der Waals surface area contributed by atoms with Gasteiger partial charge in [0.05, 0.1) is 12.7 Å². The molecule has 7 nitrogen and oxygen atoms in total. The predicted molar refractivity (Wildman–Crippen MR) is 133 cm³/mol. The van der Waals surface area contributed by atoms with Crippen LogP contribution in [-0.4, -0.2) is 24.1 Å². The molecular weight excluding hydrogens is 505 g/mol. The van der Waals surface area contributed by atoms with Crippen molar-refractivity contribution in [2.24, 2.45) is 0 Å². The van der Waals surface area contributed by atoms with Crippen LogP contribution in [0.3, 0.4) is 0 Å². The summed E-state index contributed by atoms with van der Waals surface area (Å²) in [5.41, 5.74) is 1.42. The van der Waals surface area contributed by atoms with Crippen LogP contribution in [-0.2, 0) is 9.53 Å². The monoisotopic (exact) mass is 519 g/mol. The van der Waals surface area contributed by atoms with Crippen LogP contribution in [0.4, 0.5) is 5.00 Å². The standard InChI is InChI=1S/C22H15Cl2N3O4S2/c1-11-16(10-25)20(33-19(11)21(29)30-2)27-22(32)26-18(28)6-4-15-3-5-17(31-15)12-7-13(23)9-14(24)8-12/h3-9H,1-2H3,(H2,26,27,28,32)/b6-4+. The number of benzene rings is 1. The van der Waals surface area contributed by atoms with E-state index in [1.807, 2.05) is 6.07 Å². The number of nitriles is 1. The molecule has 0 aliphatic carbocycles. The van der Waals surface area contributed by atoms with Crippen LogP contribution in [0.1, 0.15) is 26.6 Å². The lowest BCUT2D eigenvalue weighted by atomic mass is 10.2. The molecule has 2 aromatic heterocycles. The molecule has 11 heteroatoms. The fourth-order valence-electron chi connectivity index (χ4n) is 2.76. The number of rotatable bonds is 5. The van der Waals surface area contributed by atoms with Gasteiger partial charge in [0.1, 0.15) is 27.5 Å². The number of furan rings is 1. The van der Waals surface area contributed by atoms with Crippen molar-refractivity contribution in [3.63, 3.8) is 0 Å². The molecule has 0 saturated heterocycles. The summed E-state index contributed by atoms with van der Waals surface area (Å²) in [5.74, 6) is -0.109. The van der Waals surface area contributed by atoms with Crippen molar-refractivity contribution in [3.05, 3.63) is 68.2 Å². The van der Waals surface area contributed by atoms with Gasteiger partial charge in [0.25, 0.3) is 0 Å². The fraction of sp³-hybridized carbons (Fsp3) is 0.0909. The van der Waals surface area contributed by atoms with E-state index in [-0.39, 0.29) is 15.6 Å². The Morgan fingerprint density at radius 2 is 1.94 bits per heavy atom. The minimum Gasteiger partial charge on any atom is -0.465 e. The molecule has 0 radical (unpaired) electrons. The van der Waals surface area contributed by atoms with E-state index in [9.17, 15) is 14.9 Å². The zero-order chi connectivity index (χ0) is 24.1. The number of anilines is 1. The zero-order valence-electron chi connectivity index (χ0n) is 17.2. The van der Waals surface area contributed by atoms with Crippen molar-refractivity contribution in [1.82, 2.24) is 5.32 Å². The Kier molecular flexibility index (Phi) is 7.89. The molecule has 0 bridgehead atoms. The lowest BCUT2D eigenvalue weighted by molar-refractivity contribution is -0.115. The highest BCUT2D eigenvalue weighted by molar-refractivity contribution is 7.80. The van der Waals surface area contributed by atoms with Gasteiger partial charge >= 0.3 is 5.97 Å². The number of methoxy groups -OCH3 is 1. The number of nitrogens with zero attached hydrogens (tertiary/aromatic N) is 1. The van der Waals surface area contributed by atoms with Crippen molar-refractivity contribution < 1.29 is 18.7 Å². The van der Waals surface area contributed by atoms with Crippen LogP contribution in [0.25, 0.3) is 17.4 Å². The van der Waals surface area contributed by atoms with Gasteiger partial charge in [-0.1, -0.05) is 23.2 Å². The molecule has 3 rings (SSSR count). The smallest absolute Gasteiger partial charge is 0.348 e. The normalized spacial score (nSPS) is 10.6. The molecule has 0 spiro atoms. The van der Waals surface area contributed by atoms with E-state index in [1.54, 1.807) is 37.3 Å². The highest BCUT2D eigenvalue weighted by atomic mass is 35.5. The molecule has 1 aromatic carbocycles. The topological polar surface area (TPSA) is 104 Å². The Hall–Kier alpha value is -3.16. The summed E-state index contributed by atoms with van der Waals surface area (Å²) in [6.45, 7) is 1.63. The van der Waals surface area contributed by atoms with E-state index in [0.29, 0.717) is 37.7 Å². The molecule has 0 saturated carbocycles. The third-order valence-electron chi connectivity index (χ3n) is 4.27. The van der Waals surface area contributed by atoms with Gasteiger partial charge in [-0.3, -0.25) is 10.1 Å². The second-order valence-corrected chi connectivity index (χ2v) is 8.80. The summed E-state index contributed by atoms with van der Waals surface area (Å²) in [6.07, 6.45) is 2.71. The van der Waals surface area contributed by atoms with Crippen LogP contribution in [0.5, 0.6) is 0 Å². The van der Waals surface area contributed by atoms with Gasteiger partial charge in [-0.2, -0.15) is 5.26 Å². The molecule has 0 atom stereocenters. The average Bonchev–Trinajstić information content (AvgIpc) is 3.35. The van der Waals surface area contributed by atoms with Gasteiger partial charge in [-0.15, -0.1) is 11.3 Å². The Labute approximate surface area is 208 Å². The first-order chi connectivity index (χ1) is 15.7. The van der Waals surface area contributed by atoms with E-state index in [0.717, 1.165) is 11.3 Å². The average molecular weight is 520 g/mol. The molecule has 2 heterocycles. The van der Waals surface area contributed by atoms with E-state index in [1.165, 1.54) is 19.3 Å². The number of ether oxygens (including phenoxy) is 1. The summed E-state index contributed by atoms with van der Waals surface area (Å²) in [6, 6.07) is 10.5. The van der Waals surface area contributed by atoms with Crippen LogP contribution >= 0.6 is 46.8 Å². The van der Waals surface area contributed by atoms with Crippen molar-refractivity contribution in [2.45, 2.75) is 6.92 Å². The quantitative estimate of drug-likeness (QED) is 0.249. The number of carbonyl (C=O) groups is 2. The number of esters is 1. The Morgan fingerprint density at radius 1 is 1.24 bits per heavy atom. The zero-order valence-corrected chi connectivity index (χ0v) is 20.3. The van der Waals surface area contributed by atoms with Gasteiger partial charge in [0, 0.05) is 21.7 Å². The maximum atomic E-state index is 12.2. The molecule has 0 aliphatic rings. The minimum absolute atomic E-state index is 0.0347. The molecule has 0 fully saturated rings. The fourth-order valence-corrected chi connectivity index (χ4v) is 4.64. The van der Waals surface area contributed by atoms with Gasteiger partial charge in [0.2, 0.25) is 5.91 Å². The minimum atomic E-state index is -0.558. The number of thiocarbonyl (C=S) groups is 1. The van der Waals surface area contributed by atoms with Crippen molar-refractivity contribution in [1.29, 1.82) is 5.26 Å². The maximum absolute atomic E-state index is 12.2. The van der Waals surface area contributed by atoms with E-state index in [2.05, 4.69) is 10.6 Å². The Bertz CT molecular complexity index is 1300. The number of nitrogens with one attached hydrogen (secondary N) is 2. The largest absolute Gasteiger partial charge is 0.465 e.